The van der Waals surface area contributed by atoms with E-state index in [2.05, 4.69) is 47.2 Å². The van der Waals surface area contributed by atoms with Crippen molar-refractivity contribution < 1.29 is 0 Å². The Morgan fingerprint density at radius 3 is 2.70 bits per heavy atom. The molecule has 0 saturated heterocycles. The molecule has 0 aliphatic rings. The molecule has 0 spiro atoms. The smallest absolute Gasteiger partial charge is 0.173 e. The number of aryl methyl sites for hydroxylation is 1. The van der Waals surface area contributed by atoms with Crippen molar-refractivity contribution in [3.8, 4) is 10.7 Å². The molecule has 0 fully saturated rings. The lowest BCUT2D eigenvalue weighted by atomic mass is 10.3. The number of anilines is 1. The first kappa shape index (κ1) is 14.0. The fraction of sp³-hybridized carbons (Fsp3) is 0.286. The third-order valence-electron chi connectivity index (χ3n) is 2.93. The molecule has 3 heterocycles. The monoisotopic (exact) mass is 367 g/mol. The molecular formula is C14H14BrN3S2. The van der Waals surface area contributed by atoms with Crippen LogP contribution in [0.1, 0.15) is 18.7 Å². The number of nitrogens with zero attached hydrogens (tertiary/aromatic N) is 2. The van der Waals surface area contributed by atoms with Crippen LogP contribution in [-0.2, 0) is 6.42 Å². The van der Waals surface area contributed by atoms with Crippen LogP contribution in [0.4, 0.5) is 5.82 Å². The summed E-state index contributed by atoms with van der Waals surface area (Å²) in [4.78, 5) is 12.9. The molecule has 0 atom stereocenters. The molecule has 3 rings (SSSR count). The Kier molecular flexibility index (Phi) is 4.05. The van der Waals surface area contributed by atoms with Crippen LogP contribution in [0.5, 0.6) is 0 Å². The van der Waals surface area contributed by atoms with Crippen molar-refractivity contribution in [2.45, 2.75) is 20.3 Å². The van der Waals surface area contributed by atoms with Gasteiger partial charge < -0.3 is 5.32 Å². The first-order valence-electron chi connectivity index (χ1n) is 6.51. The Labute approximate surface area is 134 Å². The SMILES string of the molecule is CCNc1nc(-c2ccc(Br)s2)nc2sc(CC)cc12. The molecule has 0 unspecified atom stereocenters. The minimum Gasteiger partial charge on any atom is -0.370 e. The van der Waals surface area contributed by atoms with E-state index in [1.54, 1.807) is 22.7 Å². The van der Waals surface area contributed by atoms with Crippen LogP contribution in [0.25, 0.3) is 20.9 Å². The van der Waals surface area contributed by atoms with Crippen molar-refractivity contribution in [2.75, 3.05) is 11.9 Å². The zero-order valence-electron chi connectivity index (χ0n) is 11.2. The predicted molar refractivity (Wildman–Crippen MR) is 92.0 cm³/mol. The average Bonchev–Trinajstić information content (AvgIpc) is 3.04. The van der Waals surface area contributed by atoms with Crippen molar-refractivity contribution >= 4 is 54.6 Å². The summed E-state index contributed by atoms with van der Waals surface area (Å²) < 4.78 is 1.10. The molecule has 3 aromatic heterocycles. The number of fused-ring (bicyclic) bond motifs is 1. The third kappa shape index (κ3) is 2.60. The van der Waals surface area contributed by atoms with E-state index in [1.165, 1.54) is 4.88 Å². The van der Waals surface area contributed by atoms with Gasteiger partial charge in [0.1, 0.15) is 10.6 Å². The first-order valence-corrected chi connectivity index (χ1v) is 8.94. The molecule has 20 heavy (non-hydrogen) atoms. The molecule has 0 amide bonds. The summed E-state index contributed by atoms with van der Waals surface area (Å²) in [6.07, 6.45) is 1.03. The summed E-state index contributed by atoms with van der Waals surface area (Å²) >= 11 is 6.91. The molecule has 0 aromatic carbocycles. The molecule has 1 N–H and O–H groups in total. The van der Waals surface area contributed by atoms with Gasteiger partial charge in [0.15, 0.2) is 5.82 Å². The Morgan fingerprint density at radius 2 is 2.05 bits per heavy atom. The van der Waals surface area contributed by atoms with Gasteiger partial charge in [0.25, 0.3) is 0 Å². The van der Waals surface area contributed by atoms with Crippen LogP contribution in [0.2, 0.25) is 0 Å². The van der Waals surface area contributed by atoms with Gasteiger partial charge in [-0.25, -0.2) is 9.97 Å². The quantitative estimate of drug-likeness (QED) is 0.690. The first-order chi connectivity index (χ1) is 9.71. The second-order valence-corrected chi connectivity index (χ2v) is 7.89. The average molecular weight is 368 g/mol. The minimum absolute atomic E-state index is 0.800. The highest BCUT2D eigenvalue weighted by Crippen LogP contribution is 2.34. The van der Waals surface area contributed by atoms with E-state index < -0.39 is 0 Å². The van der Waals surface area contributed by atoms with E-state index in [0.29, 0.717) is 0 Å². The number of thiophene rings is 2. The Morgan fingerprint density at radius 1 is 1.20 bits per heavy atom. The van der Waals surface area contributed by atoms with E-state index in [4.69, 9.17) is 9.97 Å². The van der Waals surface area contributed by atoms with Crippen LogP contribution in [0, 0.1) is 0 Å². The minimum atomic E-state index is 0.800. The second kappa shape index (κ2) is 5.79. The van der Waals surface area contributed by atoms with E-state index >= 15 is 0 Å². The molecule has 0 aliphatic carbocycles. The van der Waals surface area contributed by atoms with Crippen LogP contribution < -0.4 is 5.32 Å². The molecule has 6 heteroatoms. The van der Waals surface area contributed by atoms with Gasteiger partial charge in [0, 0.05) is 11.4 Å². The summed E-state index contributed by atoms with van der Waals surface area (Å²) in [6.45, 7) is 5.11. The maximum absolute atomic E-state index is 4.73. The Hall–Kier alpha value is -0.980. The third-order valence-corrected chi connectivity index (χ3v) is 5.72. The van der Waals surface area contributed by atoms with Gasteiger partial charge in [-0.15, -0.1) is 22.7 Å². The van der Waals surface area contributed by atoms with Crippen molar-refractivity contribution in [1.82, 2.24) is 9.97 Å². The molecule has 0 radical (unpaired) electrons. The summed E-state index contributed by atoms with van der Waals surface area (Å²) in [5.41, 5.74) is 0. The van der Waals surface area contributed by atoms with Gasteiger partial charge in [-0.3, -0.25) is 0 Å². The lowest BCUT2D eigenvalue weighted by Crippen LogP contribution is -2.01. The van der Waals surface area contributed by atoms with Gasteiger partial charge in [0.2, 0.25) is 0 Å². The number of hydrogen-bond acceptors (Lipinski definition) is 5. The van der Waals surface area contributed by atoms with E-state index in [0.717, 1.165) is 43.5 Å². The van der Waals surface area contributed by atoms with Crippen LogP contribution >= 0.6 is 38.6 Å². The van der Waals surface area contributed by atoms with Gasteiger partial charge >= 0.3 is 0 Å². The lowest BCUT2D eigenvalue weighted by Gasteiger charge is -2.05. The lowest BCUT2D eigenvalue weighted by molar-refractivity contribution is 1.15. The summed E-state index contributed by atoms with van der Waals surface area (Å²) in [7, 11) is 0. The summed E-state index contributed by atoms with van der Waals surface area (Å²) in [5.74, 6) is 1.74. The van der Waals surface area contributed by atoms with Gasteiger partial charge in [-0.2, -0.15) is 0 Å². The number of hydrogen-bond donors (Lipinski definition) is 1. The van der Waals surface area contributed by atoms with Crippen LogP contribution in [0.15, 0.2) is 22.0 Å². The molecular weight excluding hydrogens is 354 g/mol. The van der Waals surface area contributed by atoms with Gasteiger partial charge in [-0.1, -0.05) is 6.92 Å². The number of nitrogens with one attached hydrogen (secondary N) is 1. The number of rotatable bonds is 4. The number of halogens is 1. The topological polar surface area (TPSA) is 37.8 Å². The highest BCUT2D eigenvalue weighted by Gasteiger charge is 2.13. The van der Waals surface area contributed by atoms with Crippen molar-refractivity contribution in [3.05, 3.63) is 26.9 Å². The summed E-state index contributed by atoms with van der Waals surface area (Å²) in [5, 5.41) is 4.49. The van der Waals surface area contributed by atoms with Crippen molar-refractivity contribution in [2.24, 2.45) is 0 Å². The Balaban J connectivity index is 2.18. The van der Waals surface area contributed by atoms with Crippen molar-refractivity contribution in [3.63, 3.8) is 0 Å². The maximum Gasteiger partial charge on any atom is 0.173 e. The van der Waals surface area contributed by atoms with Crippen LogP contribution in [-0.4, -0.2) is 16.5 Å². The highest BCUT2D eigenvalue weighted by molar-refractivity contribution is 9.11. The Bertz CT molecular complexity index is 748. The van der Waals surface area contributed by atoms with E-state index in [1.807, 2.05) is 6.07 Å². The fourth-order valence-corrected chi connectivity index (χ4v) is 4.28. The van der Waals surface area contributed by atoms with Crippen LogP contribution in [0.3, 0.4) is 0 Å². The zero-order chi connectivity index (χ0) is 14.1. The van der Waals surface area contributed by atoms with Crippen molar-refractivity contribution in [1.29, 1.82) is 0 Å². The molecule has 104 valence electrons. The van der Waals surface area contributed by atoms with Gasteiger partial charge in [-0.05, 0) is 47.5 Å². The predicted octanol–water partition coefficient (Wildman–Crippen LogP) is 5.18. The highest BCUT2D eigenvalue weighted by atomic mass is 79.9. The standard InChI is InChI=1S/C14H14BrN3S2/c1-3-8-7-9-12(16-4-2)17-13(18-14(9)19-8)10-5-6-11(15)20-10/h5-7H,3-4H2,1-2H3,(H,16,17,18). The van der Waals surface area contributed by atoms with E-state index in [9.17, 15) is 0 Å². The van der Waals surface area contributed by atoms with Gasteiger partial charge in [0.05, 0.1) is 14.0 Å². The normalized spacial score (nSPS) is 11.2. The summed E-state index contributed by atoms with van der Waals surface area (Å²) in [6, 6.07) is 6.29. The molecule has 0 saturated carbocycles. The molecule has 0 bridgehead atoms. The van der Waals surface area contributed by atoms with E-state index in [-0.39, 0.29) is 0 Å². The zero-order valence-corrected chi connectivity index (χ0v) is 14.5. The molecule has 3 nitrogen and oxygen atoms in total. The fourth-order valence-electron chi connectivity index (χ4n) is 1.99. The maximum atomic E-state index is 4.73. The molecule has 0 aliphatic heterocycles. The largest absolute Gasteiger partial charge is 0.370 e. The number of aromatic nitrogens is 2. The molecule has 3 aromatic rings. The second-order valence-electron chi connectivity index (χ2n) is 4.32.